The molecule has 0 aliphatic heterocycles. The first kappa shape index (κ1) is 15.2. The number of ether oxygens (including phenoxy) is 1. The van der Waals surface area contributed by atoms with E-state index in [2.05, 4.69) is 0 Å². The van der Waals surface area contributed by atoms with Gasteiger partial charge in [0.2, 0.25) is 11.8 Å². The summed E-state index contributed by atoms with van der Waals surface area (Å²) in [7, 11) is 0. The van der Waals surface area contributed by atoms with E-state index in [0.29, 0.717) is 5.56 Å². The summed E-state index contributed by atoms with van der Waals surface area (Å²) in [6, 6.07) is 10.4. The topological polar surface area (TPSA) is 112 Å². The van der Waals surface area contributed by atoms with Gasteiger partial charge in [0.05, 0.1) is 5.56 Å². The fourth-order valence-electron chi connectivity index (χ4n) is 1.82. The molecule has 22 heavy (non-hydrogen) atoms. The second-order valence-corrected chi connectivity index (χ2v) is 4.68. The maximum Gasteiger partial charge on any atom is 0.343 e. The number of rotatable bonds is 4. The monoisotopic (exact) mass is 298 g/mol. The summed E-state index contributed by atoms with van der Waals surface area (Å²) < 4.78 is 5.26. The maximum absolute atomic E-state index is 12.1. The zero-order chi connectivity index (χ0) is 16.3. The molecule has 0 aliphatic carbocycles. The predicted octanol–water partition coefficient (Wildman–Crippen LogP) is 1.41. The molecule has 6 heteroatoms. The van der Waals surface area contributed by atoms with Gasteiger partial charge in [-0.2, -0.15) is 0 Å². The van der Waals surface area contributed by atoms with Gasteiger partial charge in [0.15, 0.2) is 0 Å². The molecule has 112 valence electrons. The number of aryl methyl sites for hydroxylation is 1. The van der Waals surface area contributed by atoms with E-state index < -0.39 is 17.8 Å². The number of hydrogen-bond donors (Lipinski definition) is 2. The minimum absolute atomic E-state index is 0.181. The molecule has 0 saturated heterocycles. The smallest absolute Gasteiger partial charge is 0.343 e. The molecule has 0 saturated carbocycles. The summed E-state index contributed by atoms with van der Waals surface area (Å²) in [5.41, 5.74) is 11.7. The quantitative estimate of drug-likeness (QED) is 0.656. The van der Waals surface area contributed by atoms with E-state index in [0.717, 1.165) is 0 Å². The molecule has 0 heterocycles. The lowest BCUT2D eigenvalue weighted by Crippen LogP contribution is -2.15. The van der Waals surface area contributed by atoms with E-state index in [1.54, 1.807) is 19.1 Å². The Morgan fingerprint density at radius 1 is 0.864 bits per heavy atom. The van der Waals surface area contributed by atoms with E-state index in [9.17, 15) is 14.4 Å². The minimum atomic E-state index is -0.659. The van der Waals surface area contributed by atoms with Crippen LogP contribution in [0.15, 0.2) is 42.5 Å². The number of nitrogens with two attached hydrogens (primary N) is 2. The van der Waals surface area contributed by atoms with Gasteiger partial charge in [-0.05, 0) is 42.8 Å². The van der Waals surface area contributed by atoms with Gasteiger partial charge in [0, 0.05) is 11.1 Å². The van der Waals surface area contributed by atoms with Crippen molar-refractivity contribution in [2.75, 3.05) is 0 Å². The zero-order valence-corrected chi connectivity index (χ0v) is 11.8. The van der Waals surface area contributed by atoms with Crippen LogP contribution < -0.4 is 16.2 Å². The van der Waals surface area contributed by atoms with Gasteiger partial charge >= 0.3 is 5.97 Å². The van der Waals surface area contributed by atoms with Crippen molar-refractivity contribution in [1.82, 2.24) is 0 Å². The van der Waals surface area contributed by atoms with Crippen LogP contribution in [0.3, 0.4) is 0 Å². The first-order valence-corrected chi connectivity index (χ1v) is 6.41. The Morgan fingerprint density at radius 2 is 1.45 bits per heavy atom. The molecular formula is C16H14N2O4. The van der Waals surface area contributed by atoms with Gasteiger partial charge < -0.3 is 16.2 Å². The Labute approximate surface area is 126 Å². The Balaban J connectivity index is 2.29. The molecule has 0 bridgehead atoms. The van der Waals surface area contributed by atoms with Crippen LogP contribution in [0, 0.1) is 6.92 Å². The fraction of sp³-hybridized carbons (Fsp3) is 0.0625. The summed E-state index contributed by atoms with van der Waals surface area (Å²) in [6.45, 7) is 1.73. The molecule has 2 aromatic carbocycles. The summed E-state index contributed by atoms with van der Waals surface area (Å²) in [5, 5.41) is 0. The van der Waals surface area contributed by atoms with Crippen molar-refractivity contribution >= 4 is 17.8 Å². The van der Waals surface area contributed by atoms with Gasteiger partial charge in [0.25, 0.3) is 0 Å². The van der Waals surface area contributed by atoms with Crippen molar-refractivity contribution in [3.05, 3.63) is 64.7 Å². The number of carbonyl (C=O) groups is 3. The van der Waals surface area contributed by atoms with E-state index in [1.165, 1.54) is 30.3 Å². The number of esters is 1. The molecule has 0 fully saturated rings. The first-order valence-electron chi connectivity index (χ1n) is 6.41. The third-order valence-corrected chi connectivity index (χ3v) is 3.06. The number of primary amides is 2. The predicted molar refractivity (Wildman–Crippen MR) is 79.6 cm³/mol. The van der Waals surface area contributed by atoms with Crippen LogP contribution in [0.5, 0.6) is 5.75 Å². The highest BCUT2D eigenvalue weighted by atomic mass is 16.5. The highest BCUT2D eigenvalue weighted by Crippen LogP contribution is 2.21. The summed E-state index contributed by atoms with van der Waals surface area (Å²) in [4.78, 5) is 34.4. The molecule has 2 aromatic rings. The number of amides is 2. The molecule has 2 rings (SSSR count). The van der Waals surface area contributed by atoms with Gasteiger partial charge in [-0.15, -0.1) is 0 Å². The van der Waals surface area contributed by atoms with Crippen LogP contribution in [0.4, 0.5) is 0 Å². The number of carbonyl (C=O) groups excluding carboxylic acids is 3. The zero-order valence-electron chi connectivity index (χ0n) is 11.8. The van der Waals surface area contributed by atoms with Crippen LogP contribution >= 0.6 is 0 Å². The van der Waals surface area contributed by atoms with Crippen molar-refractivity contribution in [3.8, 4) is 5.75 Å². The van der Waals surface area contributed by atoms with Crippen molar-refractivity contribution in [2.45, 2.75) is 6.92 Å². The van der Waals surface area contributed by atoms with Crippen LogP contribution in [0.25, 0.3) is 0 Å². The summed E-state index contributed by atoms with van der Waals surface area (Å²) in [5.74, 6) is -1.69. The molecule has 0 unspecified atom stereocenters. The van der Waals surface area contributed by atoms with Gasteiger partial charge in [-0.1, -0.05) is 12.1 Å². The molecule has 0 aromatic heterocycles. The molecular weight excluding hydrogens is 284 g/mol. The van der Waals surface area contributed by atoms with Crippen LogP contribution in [-0.2, 0) is 0 Å². The third-order valence-electron chi connectivity index (χ3n) is 3.06. The fourth-order valence-corrected chi connectivity index (χ4v) is 1.82. The van der Waals surface area contributed by atoms with Crippen LogP contribution in [0.1, 0.15) is 36.6 Å². The molecule has 4 N–H and O–H groups in total. The molecule has 0 aliphatic rings. The molecule has 2 amide bonds. The lowest BCUT2D eigenvalue weighted by molar-refractivity contribution is 0.0732. The van der Waals surface area contributed by atoms with Crippen molar-refractivity contribution in [1.29, 1.82) is 0 Å². The van der Waals surface area contributed by atoms with Gasteiger partial charge in [-0.3, -0.25) is 9.59 Å². The number of benzene rings is 2. The van der Waals surface area contributed by atoms with E-state index >= 15 is 0 Å². The Kier molecular flexibility index (Phi) is 4.22. The third kappa shape index (κ3) is 3.29. The minimum Gasteiger partial charge on any atom is -0.423 e. The highest BCUT2D eigenvalue weighted by molar-refractivity contribution is 5.98. The Morgan fingerprint density at radius 3 is 2.09 bits per heavy atom. The SMILES string of the molecule is Cc1ccc(C(N)=O)cc1OC(=O)c1cccc(C(N)=O)c1. The van der Waals surface area contributed by atoms with E-state index in [4.69, 9.17) is 16.2 Å². The maximum atomic E-state index is 12.1. The molecule has 0 atom stereocenters. The Hall–Kier alpha value is -3.15. The lowest BCUT2D eigenvalue weighted by Gasteiger charge is -2.09. The average molecular weight is 298 g/mol. The molecule has 0 spiro atoms. The molecule has 6 nitrogen and oxygen atoms in total. The summed E-state index contributed by atoms with van der Waals surface area (Å²) in [6.07, 6.45) is 0. The van der Waals surface area contributed by atoms with Crippen molar-refractivity contribution < 1.29 is 19.1 Å². The molecule has 0 radical (unpaired) electrons. The highest BCUT2D eigenvalue weighted by Gasteiger charge is 2.13. The number of hydrogen-bond acceptors (Lipinski definition) is 4. The average Bonchev–Trinajstić information content (AvgIpc) is 2.49. The van der Waals surface area contributed by atoms with Gasteiger partial charge in [0.1, 0.15) is 5.75 Å². The normalized spacial score (nSPS) is 10.0. The first-order chi connectivity index (χ1) is 10.4. The Bertz CT molecular complexity index is 768. The van der Waals surface area contributed by atoms with Crippen molar-refractivity contribution in [2.24, 2.45) is 11.5 Å². The van der Waals surface area contributed by atoms with Crippen LogP contribution in [-0.4, -0.2) is 17.8 Å². The van der Waals surface area contributed by atoms with Crippen molar-refractivity contribution in [3.63, 3.8) is 0 Å². The standard InChI is InChI=1S/C16H14N2O4/c1-9-5-6-11(15(18)20)8-13(9)22-16(21)12-4-2-3-10(7-12)14(17)19/h2-8H,1H3,(H2,17,19)(H2,18,20). The largest absolute Gasteiger partial charge is 0.423 e. The van der Waals surface area contributed by atoms with Gasteiger partial charge in [-0.25, -0.2) is 4.79 Å². The van der Waals surface area contributed by atoms with E-state index in [-0.39, 0.29) is 22.4 Å². The lowest BCUT2D eigenvalue weighted by atomic mass is 10.1. The summed E-state index contributed by atoms with van der Waals surface area (Å²) >= 11 is 0. The van der Waals surface area contributed by atoms with E-state index in [1.807, 2.05) is 0 Å². The van der Waals surface area contributed by atoms with Crippen LogP contribution in [0.2, 0.25) is 0 Å². The second kappa shape index (κ2) is 6.09. The second-order valence-electron chi connectivity index (χ2n) is 4.68.